The van der Waals surface area contributed by atoms with E-state index in [1.807, 2.05) is 23.1 Å². The number of rotatable bonds is 5. The Labute approximate surface area is 188 Å². The Bertz CT molecular complexity index is 1020. The van der Waals surface area contributed by atoms with E-state index in [-0.39, 0.29) is 17.9 Å². The van der Waals surface area contributed by atoms with Gasteiger partial charge in [0.25, 0.3) is 11.8 Å². The second-order valence-corrected chi connectivity index (χ2v) is 10.9. The summed E-state index contributed by atoms with van der Waals surface area (Å²) >= 11 is 0. The number of nitrogens with one attached hydrogen (secondary N) is 1. The lowest BCUT2D eigenvalue weighted by Crippen LogP contribution is -2.51. The summed E-state index contributed by atoms with van der Waals surface area (Å²) < 4.78 is 1.76. The Balaban J connectivity index is 1.21. The average molecular weight is 436 g/mol. The summed E-state index contributed by atoms with van der Waals surface area (Å²) in [5.74, 6) is 2.43. The number of carbonyl (C=O) groups is 2. The second-order valence-electron chi connectivity index (χ2n) is 10.9. The molecule has 4 aliphatic carbocycles. The second kappa shape index (κ2) is 7.58. The Morgan fingerprint density at radius 1 is 1.12 bits per heavy atom. The van der Waals surface area contributed by atoms with E-state index in [1.165, 1.54) is 38.5 Å². The first-order chi connectivity index (χ1) is 15.5. The molecule has 0 spiro atoms. The van der Waals surface area contributed by atoms with Gasteiger partial charge in [0.05, 0.1) is 0 Å². The van der Waals surface area contributed by atoms with Crippen molar-refractivity contribution in [1.82, 2.24) is 19.6 Å². The number of hydrogen-bond donors (Lipinski definition) is 2. The summed E-state index contributed by atoms with van der Waals surface area (Å²) in [7, 11) is 0. The van der Waals surface area contributed by atoms with Gasteiger partial charge >= 0.3 is 0 Å². The molecule has 0 aromatic carbocycles. The van der Waals surface area contributed by atoms with Crippen molar-refractivity contribution in [3.8, 4) is 0 Å². The van der Waals surface area contributed by atoms with Crippen LogP contribution in [0.5, 0.6) is 0 Å². The van der Waals surface area contributed by atoms with Crippen LogP contribution in [0, 0.1) is 23.2 Å². The SMILES string of the molecule is NC[C@@H]1CCCN1C(=O)c1cn2c(C(=O)NCC34CC5CC(CC(C5)C3)C4)cccc2n1. The number of hydrogen-bond acceptors (Lipinski definition) is 4. The van der Waals surface area contributed by atoms with Gasteiger partial charge in [-0.1, -0.05) is 6.07 Å². The van der Waals surface area contributed by atoms with E-state index >= 15 is 0 Å². The molecule has 7 rings (SSSR count). The van der Waals surface area contributed by atoms with Gasteiger partial charge in [-0.25, -0.2) is 4.98 Å². The number of likely N-dealkylation sites (tertiary alicyclic amines) is 1. The molecule has 5 fully saturated rings. The van der Waals surface area contributed by atoms with Crippen LogP contribution in [0.3, 0.4) is 0 Å². The fourth-order valence-electron chi connectivity index (χ4n) is 7.66. The molecule has 1 saturated heterocycles. The van der Waals surface area contributed by atoms with Gasteiger partial charge in [0.1, 0.15) is 17.0 Å². The standard InChI is InChI=1S/C25H33N5O2/c26-13-19-3-2-6-29(19)24(32)20-14-30-21(4-1-5-22(30)28-20)23(31)27-15-25-10-16-7-17(11-25)9-18(8-16)12-25/h1,4-5,14,16-19H,2-3,6-13,15,26H2,(H,27,31)/t16?,17?,18?,19-,25?/m0/s1. The predicted octanol–water partition coefficient (Wildman–Crippen LogP) is 2.84. The lowest BCUT2D eigenvalue weighted by molar-refractivity contribution is -0.0503. The molecule has 4 saturated carbocycles. The average Bonchev–Trinajstić information content (AvgIpc) is 3.43. The zero-order valence-electron chi connectivity index (χ0n) is 18.6. The highest BCUT2D eigenvalue weighted by molar-refractivity contribution is 5.95. The van der Waals surface area contributed by atoms with Crippen molar-refractivity contribution in [2.24, 2.45) is 28.9 Å². The number of pyridine rings is 1. The maximum Gasteiger partial charge on any atom is 0.274 e. The largest absolute Gasteiger partial charge is 0.350 e. The van der Waals surface area contributed by atoms with Crippen LogP contribution < -0.4 is 11.1 Å². The molecular weight excluding hydrogens is 402 g/mol. The van der Waals surface area contributed by atoms with Crippen LogP contribution in [-0.2, 0) is 0 Å². The third-order valence-electron chi connectivity index (χ3n) is 8.64. The minimum absolute atomic E-state index is 0.0790. The molecule has 1 aliphatic heterocycles. The molecular formula is C25H33N5O2. The van der Waals surface area contributed by atoms with Gasteiger partial charge in [-0.2, -0.15) is 0 Å². The van der Waals surface area contributed by atoms with Crippen LogP contribution in [0.4, 0.5) is 0 Å². The minimum Gasteiger partial charge on any atom is -0.350 e. The number of fused-ring (bicyclic) bond motifs is 1. The number of nitrogens with zero attached hydrogens (tertiary/aromatic N) is 3. The topological polar surface area (TPSA) is 92.7 Å². The molecule has 170 valence electrons. The number of imidazole rings is 1. The van der Waals surface area contributed by atoms with Crippen LogP contribution in [0.15, 0.2) is 24.4 Å². The van der Waals surface area contributed by atoms with Gasteiger partial charge in [-0.05, 0) is 86.7 Å². The van der Waals surface area contributed by atoms with Gasteiger partial charge in [0, 0.05) is 31.9 Å². The van der Waals surface area contributed by atoms with Gasteiger partial charge in [0.2, 0.25) is 0 Å². The van der Waals surface area contributed by atoms with E-state index in [0.29, 0.717) is 35.5 Å². The fourth-order valence-corrected chi connectivity index (χ4v) is 7.66. The highest BCUT2D eigenvalue weighted by Crippen LogP contribution is 2.59. The highest BCUT2D eigenvalue weighted by atomic mass is 16.2. The zero-order chi connectivity index (χ0) is 21.9. The molecule has 3 N–H and O–H groups in total. The van der Waals surface area contributed by atoms with Gasteiger partial charge in [-0.15, -0.1) is 0 Å². The van der Waals surface area contributed by atoms with Crippen molar-refractivity contribution in [2.45, 2.75) is 57.4 Å². The predicted molar refractivity (Wildman–Crippen MR) is 121 cm³/mol. The van der Waals surface area contributed by atoms with E-state index in [1.54, 1.807) is 10.6 Å². The maximum atomic E-state index is 13.2. The first kappa shape index (κ1) is 20.2. The van der Waals surface area contributed by atoms with Crippen LogP contribution in [0.25, 0.3) is 5.65 Å². The number of aromatic nitrogens is 2. The lowest BCUT2D eigenvalue weighted by Gasteiger charge is -2.56. The van der Waals surface area contributed by atoms with Gasteiger partial charge < -0.3 is 16.0 Å². The third kappa shape index (κ3) is 3.33. The van der Waals surface area contributed by atoms with Crippen molar-refractivity contribution < 1.29 is 9.59 Å². The molecule has 0 radical (unpaired) electrons. The monoisotopic (exact) mass is 435 g/mol. The molecule has 2 aromatic heterocycles. The van der Waals surface area contributed by atoms with Crippen LogP contribution in [0.1, 0.15) is 72.3 Å². The summed E-state index contributed by atoms with van der Waals surface area (Å²) in [5, 5.41) is 3.26. The van der Waals surface area contributed by atoms with Crippen LogP contribution in [-0.4, -0.2) is 51.8 Å². The summed E-state index contributed by atoms with van der Waals surface area (Å²) in [6.45, 7) is 1.95. The molecule has 4 bridgehead atoms. The van der Waals surface area contributed by atoms with Crippen molar-refractivity contribution in [2.75, 3.05) is 19.6 Å². The molecule has 2 aromatic rings. The van der Waals surface area contributed by atoms with Crippen LogP contribution in [0.2, 0.25) is 0 Å². The fraction of sp³-hybridized carbons (Fsp3) is 0.640. The van der Waals surface area contributed by atoms with Crippen molar-refractivity contribution >= 4 is 17.5 Å². The molecule has 7 heteroatoms. The summed E-state index contributed by atoms with van der Waals surface area (Å²) in [5.41, 5.74) is 7.68. The number of nitrogens with two attached hydrogens (primary N) is 1. The molecule has 3 heterocycles. The normalized spacial score (nSPS) is 33.2. The molecule has 32 heavy (non-hydrogen) atoms. The van der Waals surface area contributed by atoms with E-state index in [0.717, 1.165) is 37.1 Å². The van der Waals surface area contributed by atoms with Crippen molar-refractivity contribution in [3.63, 3.8) is 0 Å². The first-order valence-corrected chi connectivity index (χ1v) is 12.3. The Morgan fingerprint density at radius 2 is 1.84 bits per heavy atom. The van der Waals surface area contributed by atoms with E-state index in [2.05, 4.69) is 10.3 Å². The minimum atomic E-state index is -0.0958. The molecule has 0 unspecified atom stereocenters. The summed E-state index contributed by atoms with van der Waals surface area (Å²) in [4.78, 5) is 32.6. The Kier molecular flexibility index (Phi) is 4.79. The van der Waals surface area contributed by atoms with Crippen LogP contribution >= 0.6 is 0 Å². The number of amides is 2. The third-order valence-corrected chi connectivity index (χ3v) is 8.64. The van der Waals surface area contributed by atoms with Crippen molar-refractivity contribution in [3.05, 3.63) is 35.8 Å². The summed E-state index contributed by atoms with van der Waals surface area (Å²) in [6.07, 6.45) is 11.6. The maximum absolute atomic E-state index is 13.2. The quantitative estimate of drug-likeness (QED) is 0.755. The Morgan fingerprint density at radius 3 is 2.53 bits per heavy atom. The Hall–Kier alpha value is -2.41. The molecule has 1 atom stereocenters. The number of carbonyl (C=O) groups excluding carboxylic acids is 2. The van der Waals surface area contributed by atoms with E-state index in [4.69, 9.17) is 5.73 Å². The highest BCUT2D eigenvalue weighted by Gasteiger charge is 2.50. The molecule has 7 nitrogen and oxygen atoms in total. The van der Waals surface area contributed by atoms with E-state index < -0.39 is 0 Å². The van der Waals surface area contributed by atoms with E-state index in [9.17, 15) is 9.59 Å². The smallest absolute Gasteiger partial charge is 0.274 e. The summed E-state index contributed by atoms with van der Waals surface area (Å²) in [6, 6.07) is 5.58. The molecule has 2 amide bonds. The zero-order valence-corrected chi connectivity index (χ0v) is 18.6. The van der Waals surface area contributed by atoms with Gasteiger partial charge in [0.15, 0.2) is 0 Å². The first-order valence-electron chi connectivity index (χ1n) is 12.3. The van der Waals surface area contributed by atoms with Gasteiger partial charge in [-0.3, -0.25) is 14.0 Å². The molecule has 5 aliphatic rings. The lowest BCUT2D eigenvalue weighted by atomic mass is 9.49. The van der Waals surface area contributed by atoms with Crippen molar-refractivity contribution in [1.29, 1.82) is 0 Å².